The van der Waals surface area contributed by atoms with Crippen molar-refractivity contribution in [1.29, 1.82) is 0 Å². The molecule has 0 aromatic heterocycles. The first kappa shape index (κ1) is 13.6. The molecule has 0 aliphatic rings. The number of hydrogen-bond donors (Lipinski definition) is 0. The summed E-state index contributed by atoms with van der Waals surface area (Å²) < 4.78 is 0. The van der Waals surface area contributed by atoms with Gasteiger partial charge < -0.3 is 0 Å². The van der Waals surface area contributed by atoms with Gasteiger partial charge in [-0.1, -0.05) is 80.6 Å². The van der Waals surface area contributed by atoms with Gasteiger partial charge in [-0.3, -0.25) is 0 Å². The Kier molecular flexibility index (Phi) is 3.62. The number of fused-ring (bicyclic) bond motifs is 5. The van der Waals surface area contributed by atoms with E-state index >= 15 is 0 Å². The van der Waals surface area contributed by atoms with E-state index in [0.717, 1.165) is 0 Å². The van der Waals surface area contributed by atoms with E-state index < -0.39 is 0 Å². The van der Waals surface area contributed by atoms with Crippen molar-refractivity contribution in [2.75, 3.05) is 0 Å². The van der Waals surface area contributed by atoms with Gasteiger partial charge in [-0.05, 0) is 44.8 Å². The smallest absolute Gasteiger partial charge is 0.00242 e. The highest BCUT2D eigenvalue weighted by atomic mass is 14.1. The molecule has 0 atom stereocenters. The highest BCUT2D eigenvalue weighted by Gasteiger charge is 2.06. The number of hydrogen-bond acceptors (Lipinski definition) is 0. The van der Waals surface area contributed by atoms with Crippen molar-refractivity contribution in [3.8, 4) is 0 Å². The van der Waals surface area contributed by atoms with E-state index in [4.69, 9.17) is 0 Å². The molecule has 0 N–H and O–H groups in total. The molecule has 0 aliphatic carbocycles. The van der Waals surface area contributed by atoms with Crippen molar-refractivity contribution in [3.05, 3.63) is 72.3 Å². The van der Waals surface area contributed by atoms with Gasteiger partial charge in [0.1, 0.15) is 0 Å². The molecule has 4 aromatic carbocycles. The third kappa shape index (κ3) is 2.17. The van der Waals surface area contributed by atoms with Crippen LogP contribution in [0, 0.1) is 6.92 Å². The molecule has 0 saturated heterocycles. The summed E-state index contributed by atoms with van der Waals surface area (Å²) in [6.07, 6.45) is 0. The van der Waals surface area contributed by atoms with Gasteiger partial charge in [0, 0.05) is 0 Å². The summed E-state index contributed by atoms with van der Waals surface area (Å²) in [5.41, 5.74) is 1.35. The SMILES string of the molecule is CC.Cc1cccc2ccc3ccc4ccccc4c3c12. The summed E-state index contributed by atoms with van der Waals surface area (Å²) in [5, 5.41) is 8.07. The zero-order valence-electron chi connectivity index (χ0n) is 12.9. The predicted molar refractivity (Wildman–Crippen MR) is 95.0 cm³/mol. The van der Waals surface area contributed by atoms with Gasteiger partial charge in [0.05, 0.1) is 0 Å². The van der Waals surface area contributed by atoms with E-state index in [2.05, 4.69) is 73.7 Å². The number of rotatable bonds is 0. The van der Waals surface area contributed by atoms with Gasteiger partial charge in [0.2, 0.25) is 0 Å². The number of benzene rings is 4. The summed E-state index contributed by atoms with van der Waals surface area (Å²) in [6.45, 7) is 6.20. The van der Waals surface area contributed by atoms with Gasteiger partial charge in [-0.15, -0.1) is 0 Å². The second-order valence-corrected chi connectivity index (χ2v) is 5.12. The lowest BCUT2D eigenvalue weighted by molar-refractivity contribution is 1.50. The minimum atomic E-state index is 1.31. The Morgan fingerprint density at radius 1 is 0.524 bits per heavy atom. The summed E-state index contributed by atoms with van der Waals surface area (Å²) in [5.74, 6) is 0. The maximum absolute atomic E-state index is 2.23. The molecule has 0 bridgehead atoms. The standard InChI is InChI=1S/C19H14.C2H6/c1-13-5-4-7-15-11-12-16-10-9-14-6-2-3-8-17(14)19(16)18(13)15;1-2/h2-12H,1H3;1-2H3. The third-order valence-corrected chi connectivity index (χ3v) is 3.96. The van der Waals surface area contributed by atoms with Crippen LogP contribution in [0.5, 0.6) is 0 Å². The minimum absolute atomic E-state index is 1.31. The zero-order chi connectivity index (χ0) is 14.8. The van der Waals surface area contributed by atoms with Crippen LogP contribution in [-0.2, 0) is 0 Å². The average Bonchev–Trinajstić information content (AvgIpc) is 2.56. The fraction of sp³-hybridized carbons (Fsp3) is 0.143. The van der Waals surface area contributed by atoms with Gasteiger partial charge in [0.15, 0.2) is 0 Å². The fourth-order valence-corrected chi connectivity index (χ4v) is 3.06. The van der Waals surface area contributed by atoms with Crippen LogP contribution in [0.2, 0.25) is 0 Å². The molecular formula is C21H20. The molecule has 0 heteroatoms. The molecule has 4 rings (SSSR count). The molecule has 4 aromatic rings. The van der Waals surface area contributed by atoms with Crippen LogP contribution in [-0.4, -0.2) is 0 Å². The summed E-state index contributed by atoms with van der Waals surface area (Å²) in [7, 11) is 0. The molecule has 0 spiro atoms. The van der Waals surface area contributed by atoms with Gasteiger partial charge >= 0.3 is 0 Å². The van der Waals surface area contributed by atoms with Crippen molar-refractivity contribution < 1.29 is 0 Å². The summed E-state index contributed by atoms with van der Waals surface area (Å²) in [6, 6.07) is 24.1. The lowest BCUT2D eigenvalue weighted by Gasteiger charge is -2.10. The van der Waals surface area contributed by atoms with E-state index in [0.29, 0.717) is 0 Å². The molecule has 21 heavy (non-hydrogen) atoms. The highest BCUT2D eigenvalue weighted by Crippen LogP contribution is 2.33. The lowest BCUT2D eigenvalue weighted by Crippen LogP contribution is -1.83. The van der Waals surface area contributed by atoms with Crippen LogP contribution in [0.4, 0.5) is 0 Å². The topological polar surface area (TPSA) is 0 Å². The molecule has 0 radical (unpaired) electrons. The van der Waals surface area contributed by atoms with Gasteiger partial charge in [0.25, 0.3) is 0 Å². The predicted octanol–water partition coefficient (Wildman–Crippen LogP) is 6.48. The first-order valence-corrected chi connectivity index (χ1v) is 7.64. The van der Waals surface area contributed by atoms with Crippen LogP contribution in [0.3, 0.4) is 0 Å². The largest absolute Gasteiger partial charge is 0.0683 e. The van der Waals surface area contributed by atoms with E-state index in [1.807, 2.05) is 13.8 Å². The van der Waals surface area contributed by atoms with E-state index in [9.17, 15) is 0 Å². The van der Waals surface area contributed by atoms with Gasteiger partial charge in [-0.2, -0.15) is 0 Å². The second-order valence-electron chi connectivity index (χ2n) is 5.12. The van der Waals surface area contributed by atoms with Gasteiger partial charge in [-0.25, -0.2) is 0 Å². The van der Waals surface area contributed by atoms with Crippen LogP contribution in [0.15, 0.2) is 66.7 Å². The molecule has 0 unspecified atom stereocenters. The monoisotopic (exact) mass is 272 g/mol. The van der Waals surface area contributed by atoms with Crippen molar-refractivity contribution in [2.45, 2.75) is 20.8 Å². The van der Waals surface area contributed by atoms with E-state index in [1.165, 1.54) is 37.9 Å². The molecule has 0 saturated carbocycles. The molecular weight excluding hydrogens is 252 g/mol. The minimum Gasteiger partial charge on any atom is -0.0683 e. The van der Waals surface area contributed by atoms with Crippen LogP contribution >= 0.6 is 0 Å². The Bertz CT molecular complexity index is 911. The fourth-order valence-electron chi connectivity index (χ4n) is 3.06. The number of aryl methyl sites for hydroxylation is 1. The third-order valence-electron chi connectivity index (χ3n) is 3.96. The average molecular weight is 272 g/mol. The molecule has 104 valence electrons. The first-order chi connectivity index (χ1) is 10.3. The maximum Gasteiger partial charge on any atom is -0.00242 e. The molecule has 0 amide bonds. The summed E-state index contributed by atoms with van der Waals surface area (Å²) in [4.78, 5) is 0. The molecule has 0 fully saturated rings. The van der Waals surface area contributed by atoms with Crippen molar-refractivity contribution in [3.63, 3.8) is 0 Å². The lowest BCUT2D eigenvalue weighted by atomic mass is 9.94. The second kappa shape index (κ2) is 5.57. The van der Waals surface area contributed by atoms with E-state index in [-0.39, 0.29) is 0 Å². The van der Waals surface area contributed by atoms with Crippen LogP contribution < -0.4 is 0 Å². The normalized spacial score (nSPS) is 10.6. The van der Waals surface area contributed by atoms with Crippen LogP contribution in [0.25, 0.3) is 32.3 Å². The maximum atomic E-state index is 2.23. The Balaban J connectivity index is 0.000000636. The molecule has 0 nitrogen and oxygen atoms in total. The zero-order valence-corrected chi connectivity index (χ0v) is 12.9. The first-order valence-electron chi connectivity index (χ1n) is 7.64. The Morgan fingerprint density at radius 2 is 1.10 bits per heavy atom. The van der Waals surface area contributed by atoms with Crippen molar-refractivity contribution in [1.82, 2.24) is 0 Å². The highest BCUT2D eigenvalue weighted by molar-refractivity contribution is 6.20. The molecule has 0 heterocycles. The molecule has 0 aliphatic heterocycles. The van der Waals surface area contributed by atoms with Crippen molar-refractivity contribution >= 4 is 32.3 Å². The summed E-state index contributed by atoms with van der Waals surface area (Å²) >= 11 is 0. The quantitative estimate of drug-likeness (QED) is 0.321. The van der Waals surface area contributed by atoms with Crippen molar-refractivity contribution in [2.24, 2.45) is 0 Å². The van der Waals surface area contributed by atoms with Crippen LogP contribution in [0.1, 0.15) is 19.4 Å². The van der Waals surface area contributed by atoms with E-state index in [1.54, 1.807) is 0 Å². The Labute approximate surface area is 126 Å². The Morgan fingerprint density at radius 3 is 1.86 bits per heavy atom. The Hall–Kier alpha value is -2.34.